The van der Waals surface area contributed by atoms with Gasteiger partial charge in [0.05, 0.1) is 43.0 Å². The van der Waals surface area contributed by atoms with Gasteiger partial charge in [-0.05, 0) is 77.7 Å². The van der Waals surface area contributed by atoms with Crippen molar-refractivity contribution >= 4 is 50.9 Å². The molecule has 13 heteroatoms. The van der Waals surface area contributed by atoms with Gasteiger partial charge < -0.3 is 34.6 Å². The molecule has 2 fully saturated rings. The number of hydrogen-bond donors (Lipinski definition) is 3. The number of halogens is 3. The molecule has 244 valence electrons. The third-order valence-corrected chi connectivity index (χ3v) is 9.73. The van der Waals surface area contributed by atoms with Crippen LogP contribution < -0.4 is 14.4 Å². The number of methoxy groups -OCH3 is 1. The Balaban J connectivity index is 0.000000440. The van der Waals surface area contributed by atoms with Crippen molar-refractivity contribution in [1.82, 2.24) is 14.9 Å². The molecular weight excluding hydrogens is 687 g/mol. The average molecular weight is 726 g/mol. The molecule has 0 saturated carbocycles. The number of anilines is 1. The lowest BCUT2D eigenvalue weighted by Crippen LogP contribution is -2.54. The van der Waals surface area contributed by atoms with Crippen LogP contribution in [-0.4, -0.2) is 94.3 Å². The SMILES string of the molecule is COc1ccc([C@@H]2CN(C(=O)[C@@H](O)CO)C[C@@]2(C)[C@@H](C)O)cc1OC1CN(c2ncc(Cl)cc2C)C1.Cc1cc(Cl)cnc1Br. The Bertz CT molecular complexity index is 1510. The van der Waals surface area contributed by atoms with Gasteiger partial charge in [0.2, 0.25) is 0 Å². The number of aliphatic hydroxyl groups excluding tert-OH is 3. The number of ether oxygens (including phenoxy) is 2. The topological polar surface area (TPSA) is 128 Å². The molecule has 3 N–H and O–H groups in total. The molecular formula is C32H39BrCl2N4O6. The highest BCUT2D eigenvalue weighted by Gasteiger charge is 2.49. The number of carbonyl (C=O) groups excluding carboxylic acids is 1. The van der Waals surface area contributed by atoms with Gasteiger partial charge in [0.25, 0.3) is 5.91 Å². The summed E-state index contributed by atoms with van der Waals surface area (Å²) in [5, 5.41) is 31.0. The predicted octanol–water partition coefficient (Wildman–Crippen LogP) is 4.79. The summed E-state index contributed by atoms with van der Waals surface area (Å²) < 4.78 is 12.7. The quantitative estimate of drug-likeness (QED) is 0.281. The van der Waals surface area contributed by atoms with Gasteiger partial charge in [-0.25, -0.2) is 9.97 Å². The number of likely N-dealkylation sites (tertiary alicyclic amines) is 1. The minimum absolute atomic E-state index is 0.0597. The van der Waals surface area contributed by atoms with E-state index in [1.165, 1.54) is 4.90 Å². The summed E-state index contributed by atoms with van der Waals surface area (Å²) in [6, 6.07) is 9.41. The van der Waals surface area contributed by atoms with Gasteiger partial charge in [-0.1, -0.05) is 36.2 Å². The summed E-state index contributed by atoms with van der Waals surface area (Å²) in [6.45, 7) is 8.82. The Labute approximate surface area is 282 Å². The first-order valence-corrected chi connectivity index (χ1v) is 16.1. The zero-order valence-electron chi connectivity index (χ0n) is 25.9. The smallest absolute Gasteiger partial charge is 0.253 e. The van der Waals surface area contributed by atoms with Crippen LogP contribution in [0.2, 0.25) is 10.0 Å². The fourth-order valence-corrected chi connectivity index (χ4v) is 6.28. The zero-order valence-corrected chi connectivity index (χ0v) is 29.0. The van der Waals surface area contributed by atoms with Crippen LogP contribution in [0.4, 0.5) is 5.82 Å². The summed E-state index contributed by atoms with van der Waals surface area (Å²) in [5.74, 6) is 1.32. The number of hydrogen-bond acceptors (Lipinski definition) is 9. The summed E-state index contributed by atoms with van der Waals surface area (Å²) >= 11 is 14.9. The molecule has 0 unspecified atom stereocenters. The first-order chi connectivity index (χ1) is 21.3. The first-order valence-electron chi connectivity index (χ1n) is 14.5. The second-order valence-electron chi connectivity index (χ2n) is 11.8. The van der Waals surface area contributed by atoms with Crippen LogP contribution in [0.3, 0.4) is 0 Å². The van der Waals surface area contributed by atoms with Crippen LogP contribution in [0.25, 0.3) is 0 Å². The Morgan fingerprint density at radius 2 is 1.71 bits per heavy atom. The van der Waals surface area contributed by atoms with Crippen molar-refractivity contribution in [2.45, 2.75) is 51.9 Å². The van der Waals surface area contributed by atoms with E-state index in [9.17, 15) is 20.1 Å². The van der Waals surface area contributed by atoms with Gasteiger partial charge in [0, 0.05) is 36.8 Å². The number of aryl methyl sites for hydroxylation is 2. The van der Waals surface area contributed by atoms with Gasteiger partial charge in [-0.15, -0.1) is 0 Å². The first kappa shape index (κ1) is 35.2. The molecule has 2 aliphatic rings. The van der Waals surface area contributed by atoms with Crippen LogP contribution in [0.5, 0.6) is 11.5 Å². The Hall–Kier alpha value is -2.67. The molecule has 0 aliphatic carbocycles. The molecule has 2 aromatic heterocycles. The predicted molar refractivity (Wildman–Crippen MR) is 177 cm³/mol. The van der Waals surface area contributed by atoms with Crippen molar-refractivity contribution in [3.05, 3.63) is 74.1 Å². The normalized spacial score (nSPS) is 21.0. The monoisotopic (exact) mass is 724 g/mol. The van der Waals surface area contributed by atoms with Gasteiger partial charge in [-0.2, -0.15) is 0 Å². The standard InChI is InChI=1S/C26H34ClN3O6.C6H5BrClN/c1-15-7-18(27)9-28-24(15)29-10-19(11-29)36-23-8-17(5-6-22(23)35-4)20-12-30(25(34)21(33)13-31)14-26(20,3)16(2)32;1-4-2-5(8)3-9-6(4)7/h5-9,16,19-21,31-33H,10-14H2,1-4H3;2-3H,1H3/t16-,20+,21+,26+;/m1./s1. The minimum Gasteiger partial charge on any atom is -0.493 e. The maximum Gasteiger partial charge on any atom is 0.253 e. The van der Waals surface area contributed by atoms with Gasteiger partial charge in [0.15, 0.2) is 17.6 Å². The van der Waals surface area contributed by atoms with E-state index in [2.05, 4.69) is 30.8 Å². The number of benzene rings is 1. The maximum absolute atomic E-state index is 12.6. The Morgan fingerprint density at radius 3 is 2.27 bits per heavy atom. The fourth-order valence-electron chi connectivity index (χ4n) is 5.64. The van der Waals surface area contributed by atoms with Crippen molar-refractivity contribution in [3.8, 4) is 11.5 Å². The molecule has 5 rings (SSSR count). The van der Waals surface area contributed by atoms with Gasteiger partial charge in [0.1, 0.15) is 16.5 Å². The van der Waals surface area contributed by atoms with Crippen molar-refractivity contribution in [3.63, 3.8) is 0 Å². The van der Waals surface area contributed by atoms with Crippen LogP contribution in [0.15, 0.2) is 47.3 Å². The molecule has 45 heavy (non-hydrogen) atoms. The van der Waals surface area contributed by atoms with E-state index >= 15 is 0 Å². The maximum atomic E-state index is 12.6. The number of pyridine rings is 2. The van der Waals surface area contributed by atoms with Crippen LogP contribution in [-0.2, 0) is 4.79 Å². The number of aromatic nitrogens is 2. The van der Waals surface area contributed by atoms with E-state index in [0.717, 1.165) is 27.1 Å². The van der Waals surface area contributed by atoms with E-state index in [1.807, 2.05) is 51.1 Å². The number of rotatable bonds is 8. The van der Waals surface area contributed by atoms with Crippen molar-refractivity contribution in [2.75, 3.05) is 44.8 Å². The van der Waals surface area contributed by atoms with E-state index in [-0.39, 0.29) is 18.6 Å². The molecule has 10 nitrogen and oxygen atoms in total. The summed E-state index contributed by atoms with van der Waals surface area (Å²) in [6.07, 6.45) is 0.998. The average Bonchev–Trinajstić information content (AvgIpc) is 3.35. The Morgan fingerprint density at radius 1 is 1.07 bits per heavy atom. The molecule has 4 atom stereocenters. The van der Waals surface area contributed by atoms with Gasteiger partial charge >= 0.3 is 0 Å². The van der Waals surface area contributed by atoms with Crippen LogP contribution in [0, 0.1) is 19.3 Å². The van der Waals surface area contributed by atoms with E-state index in [1.54, 1.807) is 26.4 Å². The lowest BCUT2D eigenvalue weighted by Gasteiger charge is -2.40. The lowest BCUT2D eigenvalue weighted by molar-refractivity contribution is -0.141. The molecule has 2 saturated heterocycles. The van der Waals surface area contributed by atoms with Crippen LogP contribution in [0.1, 0.15) is 36.5 Å². The number of aliphatic hydroxyl groups is 3. The zero-order chi connectivity index (χ0) is 33.1. The lowest BCUT2D eigenvalue weighted by atomic mass is 9.72. The van der Waals surface area contributed by atoms with Crippen molar-refractivity contribution in [2.24, 2.45) is 5.41 Å². The highest BCUT2D eigenvalue weighted by molar-refractivity contribution is 9.10. The van der Waals surface area contributed by atoms with Crippen molar-refractivity contribution < 1.29 is 29.6 Å². The number of nitrogens with zero attached hydrogens (tertiary/aromatic N) is 4. The van der Waals surface area contributed by atoms with Crippen molar-refractivity contribution in [1.29, 1.82) is 0 Å². The highest BCUT2D eigenvalue weighted by atomic mass is 79.9. The largest absolute Gasteiger partial charge is 0.493 e. The molecule has 0 bridgehead atoms. The molecule has 0 spiro atoms. The third kappa shape index (κ3) is 8.01. The summed E-state index contributed by atoms with van der Waals surface area (Å²) in [7, 11) is 1.59. The Kier molecular flexibility index (Phi) is 11.6. The molecule has 4 heterocycles. The molecule has 0 radical (unpaired) electrons. The third-order valence-electron chi connectivity index (χ3n) is 8.48. The molecule has 3 aromatic rings. The molecule has 2 aliphatic heterocycles. The second-order valence-corrected chi connectivity index (χ2v) is 13.4. The van der Waals surface area contributed by atoms with E-state index < -0.39 is 30.1 Å². The molecule has 1 amide bonds. The summed E-state index contributed by atoms with van der Waals surface area (Å²) in [5.41, 5.74) is 2.31. The second kappa shape index (κ2) is 14.8. The highest BCUT2D eigenvalue weighted by Crippen LogP contribution is 2.47. The van der Waals surface area contributed by atoms with E-state index in [4.69, 9.17) is 32.7 Å². The van der Waals surface area contributed by atoms with Gasteiger partial charge in [-0.3, -0.25) is 4.79 Å². The minimum atomic E-state index is -1.47. The fraction of sp³-hybridized carbons (Fsp3) is 0.469. The summed E-state index contributed by atoms with van der Waals surface area (Å²) in [4.78, 5) is 24.6. The number of carbonyl (C=O) groups is 1. The van der Waals surface area contributed by atoms with Crippen LogP contribution >= 0.6 is 39.1 Å². The molecule has 1 aromatic carbocycles. The number of amides is 1. The van der Waals surface area contributed by atoms with E-state index in [0.29, 0.717) is 41.2 Å².